The highest BCUT2D eigenvalue weighted by Crippen LogP contribution is 2.12. The Kier molecular flexibility index (Phi) is 6.91. The molecule has 0 amide bonds. The molecular weight excluding hydrogens is 326 g/mol. The molecule has 0 spiro atoms. The smallest absolute Gasteiger partial charge is 0.240 e. The molecule has 0 unspecified atom stereocenters. The molecule has 0 aliphatic carbocycles. The van der Waals surface area contributed by atoms with E-state index in [9.17, 15) is 13.2 Å². The summed E-state index contributed by atoms with van der Waals surface area (Å²) in [4.78, 5) is 16.3. The Balaban J connectivity index is 1.75. The molecule has 0 bridgehead atoms. The van der Waals surface area contributed by atoms with E-state index >= 15 is 0 Å². The largest absolute Gasteiger partial charge is 0.304 e. The molecule has 7 heteroatoms. The summed E-state index contributed by atoms with van der Waals surface area (Å²) < 4.78 is 27.2. The van der Waals surface area contributed by atoms with Crippen LogP contribution in [0.2, 0.25) is 0 Å². The summed E-state index contributed by atoms with van der Waals surface area (Å²) in [7, 11) is -1.42. The first-order chi connectivity index (χ1) is 11.4. The van der Waals surface area contributed by atoms with Crippen LogP contribution in [0.15, 0.2) is 29.2 Å². The molecule has 1 heterocycles. The maximum Gasteiger partial charge on any atom is 0.240 e. The number of carbonyl (C=O) groups excluding carboxylic acids is 1. The van der Waals surface area contributed by atoms with E-state index in [4.69, 9.17) is 0 Å². The van der Waals surface area contributed by atoms with Gasteiger partial charge in [0.1, 0.15) is 0 Å². The summed E-state index contributed by atoms with van der Waals surface area (Å²) in [5.41, 5.74) is 0.410. The standard InChI is InChI=1S/C17H27N3O3S/c1-15(21)16-6-5-7-17(14-16)24(22,23)18-8-3-4-9-20-12-10-19(2)11-13-20/h5-7,14,18H,3-4,8-13H2,1-2H3. The normalized spacial score (nSPS) is 17.1. The zero-order chi connectivity index (χ0) is 17.6. The van der Waals surface area contributed by atoms with Crippen LogP contribution in [0.1, 0.15) is 30.1 Å². The number of Topliss-reactive ketones (excluding diaryl/α,β-unsaturated/α-hetero) is 1. The van der Waals surface area contributed by atoms with Gasteiger partial charge in [-0.1, -0.05) is 12.1 Å². The Morgan fingerprint density at radius 3 is 2.54 bits per heavy atom. The van der Waals surface area contributed by atoms with Crippen LogP contribution >= 0.6 is 0 Å². The summed E-state index contributed by atoms with van der Waals surface area (Å²) >= 11 is 0. The van der Waals surface area contributed by atoms with Crippen LogP contribution in [-0.2, 0) is 10.0 Å². The fraction of sp³-hybridized carbons (Fsp3) is 0.588. The van der Waals surface area contributed by atoms with E-state index in [0.717, 1.165) is 45.6 Å². The lowest BCUT2D eigenvalue weighted by Crippen LogP contribution is -2.44. The molecule has 2 rings (SSSR count). The molecule has 1 N–H and O–H groups in total. The number of likely N-dealkylation sites (N-methyl/N-ethyl adjacent to an activating group) is 1. The number of carbonyl (C=O) groups is 1. The Morgan fingerprint density at radius 2 is 1.88 bits per heavy atom. The molecule has 1 aromatic rings. The zero-order valence-corrected chi connectivity index (χ0v) is 15.3. The number of unbranched alkanes of at least 4 members (excludes halogenated alkanes) is 1. The second-order valence-corrected chi connectivity index (χ2v) is 8.10. The number of nitrogens with zero attached hydrogens (tertiary/aromatic N) is 2. The maximum atomic E-state index is 12.3. The SMILES string of the molecule is CC(=O)c1cccc(S(=O)(=O)NCCCCN2CCN(C)CC2)c1. The van der Waals surface area contributed by atoms with Gasteiger partial charge in [-0.15, -0.1) is 0 Å². The van der Waals surface area contributed by atoms with Crippen LogP contribution in [-0.4, -0.2) is 70.3 Å². The monoisotopic (exact) mass is 353 g/mol. The van der Waals surface area contributed by atoms with E-state index in [2.05, 4.69) is 21.6 Å². The Hall–Kier alpha value is -1.28. The van der Waals surface area contributed by atoms with E-state index in [-0.39, 0.29) is 10.7 Å². The van der Waals surface area contributed by atoms with E-state index in [1.54, 1.807) is 12.1 Å². The van der Waals surface area contributed by atoms with Crippen LogP contribution in [0.25, 0.3) is 0 Å². The second kappa shape index (κ2) is 8.71. The third-order valence-corrected chi connectivity index (χ3v) is 5.80. The van der Waals surface area contributed by atoms with Gasteiger partial charge in [-0.3, -0.25) is 4.79 Å². The van der Waals surface area contributed by atoms with Gasteiger partial charge >= 0.3 is 0 Å². The molecule has 1 aliphatic rings. The summed E-state index contributed by atoms with van der Waals surface area (Å²) in [5, 5.41) is 0. The molecule has 1 fully saturated rings. The number of piperazine rings is 1. The molecule has 0 aromatic heterocycles. The van der Waals surface area contributed by atoms with Crippen molar-refractivity contribution in [2.24, 2.45) is 0 Å². The first-order valence-electron chi connectivity index (χ1n) is 8.40. The van der Waals surface area contributed by atoms with Crippen LogP contribution in [0.4, 0.5) is 0 Å². The van der Waals surface area contributed by atoms with Gasteiger partial charge in [0.25, 0.3) is 0 Å². The number of benzene rings is 1. The third kappa shape index (κ3) is 5.66. The van der Waals surface area contributed by atoms with E-state index in [1.165, 1.54) is 19.1 Å². The molecule has 24 heavy (non-hydrogen) atoms. The first-order valence-corrected chi connectivity index (χ1v) is 9.88. The highest BCUT2D eigenvalue weighted by Gasteiger charge is 2.15. The van der Waals surface area contributed by atoms with Gasteiger partial charge in [-0.25, -0.2) is 13.1 Å². The van der Waals surface area contributed by atoms with E-state index < -0.39 is 10.0 Å². The number of nitrogens with one attached hydrogen (secondary N) is 1. The summed E-state index contributed by atoms with van der Waals surface area (Å²) in [6.07, 6.45) is 1.78. The molecule has 0 saturated carbocycles. The summed E-state index contributed by atoms with van der Waals surface area (Å²) in [5.74, 6) is -0.140. The number of rotatable bonds is 8. The molecule has 0 radical (unpaired) electrons. The number of sulfonamides is 1. The average molecular weight is 353 g/mol. The van der Waals surface area contributed by atoms with Crippen LogP contribution < -0.4 is 4.72 Å². The minimum atomic E-state index is -3.55. The van der Waals surface area contributed by atoms with E-state index in [1.807, 2.05) is 0 Å². The van der Waals surface area contributed by atoms with Gasteiger partial charge in [-0.05, 0) is 45.5 Å². The molecule has 134 valence electrons. The molecule has 1 aliphatic heterocycles. The van der Waals surface area contributed by atoms with Crippen molar-refractivity contribution in [2.75, 3.05) is 46.3 Å². The summed E-state index contributed by atoms with van der Waals surface area (Å²) in [6.45, 7) is 7.21. The quantitative estimate of drug-likeness (QED) is 0.562. The fourth-order valence-corrected chi connectivity index (χ4v) is 3.82. The van der Waals surface area contributed by atoms with Crippen molar-refractivity contribution in [1.82, 2.24) is 14.5 Å². The van der Waals surface area contributed by atoms with Gasteiger partial charge < -0.3 is 9.80 Å². The Morgan fingerprint density at radius 1 is 1.17 bits per heavy atom. The minimum absolute atomic E-state index is 0.140. The highest BCUT2D eigenvalue weighted by atomic mass is 32.2. The van der Waals surface area contributed by atoms with Crippen molar-refractivity contribution in [2.45, 2.75) is 24.7 Å². The van der Waals surface area contributed by atoms with Crippen molar-refractivity contribution < 1.29 is 13.2 Å². The van der Waals surface area contributed by atoms with Crippen molar-refractivity contribution in [3.8, 4) is 0 Å². The summed E-state index contributed by atoms with van der Waals surface area (Å²) in [6, 6.07) is 6.16. The number of ketones is 1. The zero-order valence-electron chi connectivity index (χ0n) is 14.5. The number of hydrogen-bond donors (Lipinski definition) is 1. The molecule has 1 aromatic carbocycles. The van der Waals surface area contributed by atoms with Crippen molar-refractivity contribution >= 4 is 15.8 Å². The topological polar surface area (TPSA) is 69.7 Å². The third-order valence-electron chi connectivity index (χ3n) is 4.34. The minimum Gasteiger partial charge on any atom is -0.304 e. The van der Waals surface area contributed by atoms with Crippen LogP contribution in [0.5, 0.6) is 0 Å². The predicted octanol–water partition coefficient (Wildman–Crippen LogP) is 1.20. The van der Waals surface area contributed by atoms with Crippen LogP contribution in [0.3, 0.4) is 0 Å². The molecular formula is C17H27N3O3S. The molecule has 6 nitrogen and oxygen atoms in total. The lowest BCUT2D eigenvalue weighted by Gasteiger charge is -2.32. The number of hydrogen-bond acceptors (Lipinski definition) is 5. The maximum absolute atomic E-state index is 12.3. The lowest BCUT2D eigenvalue weighted by molar-refractivity contribution is 0.101. The second-order valence-electron chi connectivity index (χ2n) is 6.33. The van der Waals surface area contributed by atoms with Gasteiger partial charge in [-0.2, -0.15) is 0 Å². The van der Waals surface area contributed by atoms with Crippen LogP contribution in [0, 0.1) is 0 Å². The van der Waals surface area contributed by atoms with Gasteiger partial charge in [0, 0.05) is 38.3 Å². The molecule has 0 atom stereocenters. The fourth-order valence-electron chi connectivity index (χ4n) is 2.70. The van der Waals surface area contributed by atoms with Crippen molar-refractivity contribution in [3.05, 3.63) is 29.8 Å². The Bertz CT molecular complexity index is 653. The average Bonchev–Trinajstić information content (AvgIpc) is 2.56. The predicted molar refractivity (Wildman–Crippen MR) is 94.8 cm³/mol. The lowest BCUT2D eigenvalue weighted by atomic mass is 10.2. The highest BCUT2D eigenvalue weighted by molar-refractivity contribution is 7.89. The van der Waals surface area contributed by atoms with E-state index in [0.29, 0.717) is 12.1 Å². The Labute approximate surface area is 144 Å². The van der Waals surface area contributed by atoms with Gasteiger partial charge in [0.2, 0.25) is 10.0 Å². The van der Waals surface area contributed by atoms with Gasteiger partial charge in [0.05, 0.1) is 4.90 Å². The van der Waals surface area contributed by atoms with Gasteiger partial charge in [0.15, 0.2) is 5.78 Å². The molecule has 1 saturated heterocycles. The first kappa shape index (κ1) is 19.1. The van der Waals surface area contributed by atoms with Crippen molar-refractivity contribution in [1.29, 1.82) is 0 Å². The van der Waals surface area contributed by atoms with Crippen molar-refractivity contribution in [3.63, 3.8) is 0 Å².